The quantitative estimate of drug-likeness (QED) is 0.590. The van der Waals surface area contributed by atoms with Gasteiger partial charge in [0.25, 0.3) is 5.91 Å². The molecule has 7 nitrogen and oxygen atoms in total. The van der Waals surface area contributed by atoms with E-state index < -0.39 is 16.1 Å². The Labute approximate surface area is 124 Å². The molecule has 1 fully saturated rings. The van der Waals surface area contributed by atoms with Crippen molar-refractivity contribution < 1.29 is 17.9 Å². The maximum atomic E-state index is 11.9. The Bertz CT molecular complexity index is 556. The van der Waals surface area contributed by atoms with Crippen molar-refractivity contribution in [3.8, 4) is 0 Å². The van der Waals surface area contributed by atoms with Crippen LogP contribution in [0.2, 0.25) is 0 Å². The average molecular weight is 313 g/mol. The predicted octanol–water partition coefficient (Wildman–Crippen LogP) is -0.930. The van der Waals surface area contributed by atoms with Gasteiger partial charge in [-0.15, -0.1) is 0 Å². The van der Waals surface area contributed by atoms with E-state index in [2.05, 4.69) is 15.4 Å². The second kappa shape index (κ2) is 7.51. The summed E-state index contributed by atoms with van der Waals surface area (Å²) >= 11 is 0. The third-order valence-electron chi connectivity index (χ3n) is 2.99. The van der Waals surface area contributed by atoms with Crippen LogP contribution < -0.4 is 15.4 Å². The predicted molar refractivity (Wildman–Crippen MR) is 77.2 cm³/mol. The van der Waals surface area contributed by atoms with Crippen LogP contribution in [0.1, 0.15) is 0 Å². The molecule has 1 amide bonds. The molecule has 1 unspecified atom stereocenters. The first-order valence-electron chi connectivity index (χ1n) is 6.74. The highest BCUT2D eigenvalue weighted by molar-refractivity contribution is 7.89. The number of morpholine rings is 1. The molecule has 1 aliphatic heterocycles. The van der Waals surface area contributed by atoms with Crippen LogP contribution in [0, 0.1) is 0 Å². The number of carbonyl (C=O) groups is 1. The normalized spacial score (nSPS) is 19.1. The number of hydrogen-bond acceptors (Lipinski definition) is 5. The summed E-state index contributed by atoms with van der Waals surface area (Å²) in [5.74, 6) is -0.235. The minimum atomic E-state index is -3.53. The van der Waals surface area contributed by atoms with E-state index >= 15 is 0 Å². The highest BCUT2D eigenvalue weighted by atomic mass is 32.2. The highest BCUT2D eigenvalue weighted by Gasteiger charge is 2.21. The zero-order chi connectivity index (χ0) is 15.1. The maximum absolute atomic E-state index is 11.9. The van der Waals surface area contributed by atoms with Crippen molar-refractivity contribution in [1.82, 2.24) is 15.4 Å². The number of hydrogen-bond donors (Lipinski definition) is 3. The minimum absolute atomic E-state index is 0.128. The number of amides is 1. The largest absolute Gasteiger partial charge is 0.366 e. The fourth-order valence-corrected chi connectivity index (χ4v) is 2.95. The molecule has 1 aliphatic rings. The molecule has 1 heterocycles. The zero-order valence-electron chi connectivity index (χ0n) is 11.5. The SMILES string of the molecule is O=C(NCCNS(=O)(=O)c1ccccc1)C1CNCCO1. The molecule has 0 aromatic heterocycles. The fourth-order valence-electron chi connectivity index (χ4n) is 1.90. The second-order valence-electron chi connectivity index (χ2n) is 4.57. The molecule has 0 aliphatic carbocycles. The van der Waals surface area contributed by atoms with Crippen molar-refractivity contribution in [2.75, 3.05) is 32.8 Å². The first-order chi connectivity index (χ1) is 10.1. The van der Waals surface area contributed by atoms with Gasteiger partial charge < -0.3 is 15.4 Å². The molecule has 0 radical (unpaired) electrons. The number of rotatable bonds is 6. The van der Waals surface area contributed by atoms with Gasteiger partial charge >= 0.3 is 0 Å². The molecule has 0 bridgehead atoms. The van der Waals surface area contributed by atoms with Crippen molar-refractivity contribution >= 4 is 15.9 Å². The fraction of sp³-hybridized carbons (Fsp3) is 0.462. The van der Waals surface area contributed by atoms with Gasteiger partial charge in [0.15, 0.2) is 0 Å². The van der Waals surface area contributed by atoms with Gasteiger partial charge in [-0.05, 0) is 12.1 Å². The van der Waals surface area contributed by atoms with Crippen molar-refractivity contribution in [1.29, 1.82) is 0 Å². The summed E-state index contributed by atoms with van der Waals surface area (Å²) < 4.78 is 31.6. The van der Waals surface area contributed by atoms with Crippen LogP contribution in [0.3, 0.4) is 0 Å². The van der Waals surface area contributed by atoms with Crippen LogP contribution in [0.4, 0.5) is 0 Å². The number of nitrogens with one attached hydrogen (secondary N) is 3. The van der Waals surface area contributed by atoms with E-state index in [1.807, 2.05) is 0 Å². The second-order valence-corrected chi connectivity index (χ2v) is 6.33. The summed E-state index contributed by atoms with van der Waals surface area (Å²) in [6, 6.07) is 8.09. The summed E-state index contributed by atoms with van der Waals surface area (Å²) in [6.07, 6.45) is -0.510. The van der Waals surface area contributed by atoms with Gasteiger partial charge in [0.05, 0.1) is 11.5 Å². The first kappa shape index (κ1) is 15.9. The smallest absolute Gasteiger partial charge is 0.250 e. The van der Waals surface area contributed by atoms with Gasteiger partial charge in [0, 0.05) is 26.2 Å². The molecule has 8 heteroatoms. The molecular formula is C13H19N3O4S. The Morgan fingerprint density at radius 2 is 2.05 bits per heavy atom. The number of carbonyl (C=O) groups excluding carboxylic acids is 1. The van der Waals surface area contributed by atoms with Crippen LogP contribution in [-0.4, -0.2) is 53.2 Å². The Balaban J connectivity index is 1.73. The molecule has 116 valence electrons. The van der Waals surface area contributed by atoms with Crippen molar-refractivity contribution in [2.45, 2.75) is 11.0 Å². The standard InChI is InChI=1S/C13H19N3O4S/c17-13(12-10-14-8-9-20-12)15-6-7-16-21(18,19)11-4-2-1-3-5-11/h1-5,12,14,16H,6-10H2,(H,15,17). The molecule has 0 saturated carbocycles. The van der Waals surface area contributed by atoms with Gasteiger partial charge in [0.1, 0.15) is 6.10 Å². The highest BCUT2D eigenvalue weighted by Crippen LogP contribution is 2.06. The van der Waals surface area contributed by atoms with Gasteiger partial charge in [-0.2, -0.15) is 0 Å². The Morgan fingerprint density at radius 1 is 1.29 bits per heavy atom. The summed E-state index contributed by atoms with van der Waals surface area (Å²) in [4.78, 5) is 11.9. The lowest BCUT2D eigenvalue weighted by Crippen LogP contribution is -2.49. The van der Waals surface area contributed by atoms with Crippen LogP contribution in [-0.2, 0) is 19.6 Å². The molecule has 1 atom stereocenters. The molecule has 21 heavy (non-hydrogen) atoms. The van der Waals surface area contributed by atoms with E-state index in [0.29, 0.717) is 13.2 Å². The average Bonchev–Trinajstić information content (AvgIpc) is 2.53. The Kier molecular flexibility index (Phi) is 5.68. The van der Waals surface area contributed by atoms with Crippen LogP contribution in [0.25, 0.3) is 0 Å². The topological polar surface area (TPSA) is 96.5 Å². The molecule has 3 N–H and O–H groups in total. The molecular weight excluding hydrogens is 294 g/mol. The number of benzene rings is 1. The van der Waals surface area contributed by atoms with Crippen molar-refractivity contribution in [3.05, 3.63) is 30.3 Å². The third-order valence-corrected chi connectivity index (χ3v) is 4.47. The number of ether oxygens (including phenoxy) is 1. The third kappa shape index (κ3) is 4.78. The monoisotopic (exact) mass is 313 g/mol. The molecule has 1 saturated heterocycles. The minimum Gasteiger partial charge on any atom is -0.366 e. The summed E-state index contributed by atoms with van der Waals surface area (Å²) in [6.45, 7) is 2.05. The lowest BCUT2D eigenvalue weighted by molar-refractivity contribution is -0.134. The summed E-state index contributed by atoms with van der Waals surface area (Å²) in [5, 5.41) is 5.70. The van der Waals surface area contributed by atoms with E-state index in [0.717, 1.165) is 6.54 Å². The van der Waals surface area contributed by atoms with E-state index in [-0.39, 0.29) is 23.9 Å². The molecule has 1 aromatic carbocycles. The van der Waals surface area contributed by atoms with Crippen molar-refractivity contribution in [3.63, 3.8) is 0 Å². The van der Waals surface area contributed by atoms with E-state index in [1.54, 1.807) is 18.2 Å². The van der Waals surface area contributed by atoms with E-state index in [1.165, 1.54) is 12.1 Å². The summed E-state index contributed by atoms with van der Waals surface area (Å²) in [5.41, 5.74) is 0. The Morgan fingerprint density at radius 3 is 2.71 bits per heavy atom. The lowest BCUT2D eigenvalue weighted by Gasteiger charge is -2.22. The van der Waals surface area contributed by atoms with Crippen LogP contribution >= 0.6 is 0 Å². The molecule has 1 aromatic rings. The van der Waals surface area contributed by atoms with E-state index in [9.17, 15) is 13.2 Å². The van der Waals surface area contributed by atoms with Gasteiger partial charge in [-0.1, -0.05) is 18.2 Å². The zero-order valence-corrected chi connectivity index (χ0v) is 12.4. The first-order valence-corrected chi connectivity index (χ1v) is 8.23. The van der Waals surface area contributed by atoms with Crippen LogP contribution in [0.5, 0.6) is 0 Å². The molecule has 2 rings (SSSR count). The Hall–Kier alpha value is -1.48. The summed E-state index contributed by atoms with van der Waals surface area (Å²) in [7, 11) is -3.53. The van der Waals surface area contributed by atoms with Gasteiger partial charge in [0.2, 0.25) is 10.0 Å². The van der Waals surface area contributed by atoms with Gasteiger partial charge in [-0.3, -0.25) is 4.79 Å². The molecule has 0 spiro atoms. The maximum Gasteiger partial charge on any atom is 0.250 e. The lowest BCUT2D eigenvalue weighted by atomic mass is 10.3. The number of sulfonamides is 1. The van der Waals surface area contributed by atoms with Crippen LogP contribution in [0.15, 0.2) is 35.2 Å². The van der Waals surface area contributed by atoms with Gasteiger partial charge in [-0.25, -0.2) is 13.1 Å². The van der Waals surface area contributed by atoms with E-state index in [4.69, 9.17) is 4.74 Å². The van der Waals surface area contributed by atoms with Crippen molar-refractivity contribution in [2.24, 2.45) is 0 Å².